The molecule has 0 unspecified atom stereocenters. The molecule has 1 N–H and O–H groups in total. The fraction of sp³-hybridized carbons (Fsp3) is 0.227. The number of hydrazone groups is 1. The number of benzene rings is 2. The van der Waals surface area contributed by atoms with Gasteiger partial charge in [-0.25, -0.2) is 8.42 Å². The lowest BCUT2D eigenvalue weighted by molar-refractivity contribution is 0.320. The van der Waals surface area contributed by atoms with Crippen LogP contribution in [0.25, 0.3) is 0 Å². The van der Waals surface area contributed by atoms with Crippen molar-refractivity contribution in [3.63, 3.8) is 0 Å². The zero-order valence-electron chi connectivity index (χ0n) is 17.6. The van der Waals surface area contributed by atoms with Gasteiger partial charge in [0.2, 0.25) is 10.0 Å². The molecule has 32 heavy (non-hydrogen) atoms. The summed E-state index contributed by atoms with van der Waals surface area (Å²) in [6, 6.07) is 16.1. The molecule has 4 rings (SSSR count). The highest BCUT2D eigenvalue weighted by Crippen LogP contribution is 2.37. The minimum Gasteiger partial charge on any atom is -0.467 e. The van der Waals surface area contributed by atoms with Gasteiger partial charge >= 0.3 is 0 Å². The van der Waals surface area contributed by atoms with Gasteiger partial charge in [-0.2, -0.15) is 17.9 Å². The van der Waals surface area contributed by atoms with Crippen molar-refractivity contribution in [1.29, 1.82) is 0 Å². The van der Waals surface area contributed by atoms with Crippen LogP contribution in [0.15, 0.2) is 81.3 Å². The third kappa shape index (κ3) is 4.42. The predicted octanol–water partition coefficient (Wildman–Crippen LogP) is 3.89. The molecule has 1 aliphatic rings. The maximum Gasteiger partial charge on any atom is 0.279 e. The average molecular weight is 474 g/mol. The summed E-state index contributed by atoms with van der Waals surface area (Å²) in [5.74, 6) is 0.463. The van der Waals surface area contributed by atoms with Gasteiger partial charge in [-0.15, -0.1) is 0 Å². The van der Waals surface area contributed by atoms with Gasteiger partial charge in [-0.05, 0) is 55.8 Å². The van der Waals surface area contributed by atoms with Crippen molar-refractivity contribution in [2.45, 2.75) is 31.2 Å². The number of hydrogen-bond donors (Lipinski definition) is 1. The van der Waals surface area contributed by atoms with Crippen molar-refractivity contribution >= 4 is 31.4 Å². The summed E-state index contributed by atoms with van der Waals surface area (Å²) in [6.45, 7) is 3.44. The van der Waals surface area contributed by atoms with E-state index in [9.17, 15) is 16.8 Å². The standard InChI is InChI=1S/C22H23N3O5S2/c1-3-31(26,27)24-18-10-8-17(9-11-18)20-15-21(22-5-4-14-30-22)25(23-20)32(28,29)19-12-6-16(2)7-13-19/h4-14,21,24H,3,15H2,1-2H3/t21-/m0/s1. The second-order valence-corrected chi connectivity index (χ2v) is 11.3. The number of anilines is 1. The first-order chi connectivity index (χ1) is 15.2. The lowest BCUT2D eigenvalue weighted by Crippen LogP contribution is -2.27. The molecular weight excluding hydrogens is 450 g/mol. The van der Waals surface area contributed by atoms with Crippen LogP contribution in [-0.2, 0) is 20.0 Å². The van der Waals surface area contributed by atoms with Crippen molar-refractivity contribution in [2.24, 2.45) is 5.10 Å². The van der Waals surface area contributed by atoms with E-state index in [4.69, 9.17) is 4.42 Å². The Morgan fingerprint density at radius 2 is 1.72 bits per heavy atom. The minimum atomic E-state index is -3.91. The molecule has 10 heteroatoms. The van der Waals surface area contributed by atoms with E-state index < -0.39 is 26.1 Å². The second-order valence-electron chi connectivity index (χ2n) is 7.46. The third-order valence-corrected chi connectivity index (χ3v) is 8.18. The molecule has 168 valence electrons. The number of nitrogens with one attached hydrogen (secondary N) is 1. The van der Waals surface area contributed by atoms with Crippen molar-refractivity contribution in [3.05, 3.63) is 83.8 Å². The van der Waals surface area contributed by atoms with Crippen LogP contribution in [0.2, 0.25) is 0 Å². The highest BCUT2D eigenvalue weighted by molar-refractivity contribution is 7.92. The van der Waals surface area contributed by atoms with Crippen LogP contribution in [0.4, 0.5) is 5.69 Å². The number of rotatable bonds is 7. The lowest BCUT2D eigenvalue weighted by Gasteiger charge is -2.21. The molecule has 0 bridgehead atoms. The van der Waals surface area contributed by atoms with E-state index in [-0.39, 0.29) is 10.6 Å². The Labute approximate surface area is 187 Å². The Balaban J connectivity index is 1.69. The molecule has 8 nitrogen and oxygen atoms in total. The fourth-order valence-corrected chi connectivity index (χ4v) is 5.43. The van der Waals surface area contributed by atoms with Crippen LogP contribution in [0.3, 0.4) is 0 Å². The maximum atomic E-state index is 13.4. The lowest BCUT2D eigenvalue weighted by atomic mass is 10.0. The molecule has 0 radical (unpaired) electrons. The van der Waals surface area contributed by atoms with Crippen LogP contribution in [-0.4, -0.2) is 32.7 Å². The largest absolute Gasteiger partial charge is 0.467 e. The zero-order chi connectivity index (χ0) is 22.9. The summed E-state index contributed by atoms with van der Waals surface area (Å²) < 4.78 is 59.4. The molecule has 2 heterocycles. The van der Waals surface area contributed by atoms with Crippen LogP contribution in [0, 0.1) is 6.92 Å². The molecule has 3 aromatic rings. The molecule has 2 aromatic carbocycles. The quantitative estimate of drug-likeness (QED) is 0.560. The fourth-order valence-electron chi connectivity index (χ4n) is 3.38. The normalized spacial score (nSPS) is 16.8. The maximum absolute atomic E-state index is 13.4. The third-order valence-electron chi connectivity index (χ3n) is 5.18. The van der Waals surface area contributed by atoms with Gasteiger partial charge in [-0.3, -0.25) is 4.72 Å². The van der Waals surface area contributed by atoms with E-state index in [0.717, 1.165) is 9.98 Å². The Bertz CT molecular complexity index is 1330. The molecule has 1 aliphatic heterocycles. The summed E-state index contributed by atoms with van der Waals surface area (Å²) in [5.41, 5.74) is 2.64. The van der Waals surface area contributed by atoms with Crippen molar-refractivity contribution < 1.29 is 21.3 Å². The second kappa shape index (κ2) is 8.44. The summed E-state index contributed by atoms with van der Waals surface area (Å²) in [7, 11) is -7.30. The highest BCUT2D eigenvalue weighted by Gasteiger charge is 2.39. The summed E-state index contributed by atoms with van der Waals surface area (Å²) in [5, 5.41) is 4.45. The van der Waals surface area contributed by atoms with Crippen LogP contribution < -0.4 is 4.72 Å². The first kappa shape index (κ1) is 22.1. The van der Waals surface area contributed by atoms with E-state index >= 15 is 0 Å². The smallest absolute Gasteiger partial charge is 0.279 e. The summed E-state index contributed by atoms with van der Waals surface area (Å²) >= 11 is 0. The molecule has 0 saturated heterocycles. The topological polar surface area (TPSA) is 109 Å². The molecule has 1 aromatic heterocycles. The highest BCUT2D eigenvalue weighted by atomic mass is 32.2. The average Bonchev–Trinajstić information content (AvgIpc) is 3.45. The number of sulfonamides is 2. The predicted molar refractivity (Wildman–Crippen MR) is 122 cm³/mol. The first-order valence-corrected chi connectivity index (χ1v) is 13.1. The van der Waals surface area contributed by atoms with Gasteiger partial charge in [0.05, 0.1) is 22.6 Å². The van der Waals surface area contributed by atoms with Gasteiger partial charge in [-0.1, -0.05) is 29.8 Å². The van der Waals surface area contributed by atoms with Gasteiger partial charge in [0.15, 0.2) is 0 Å². The van der Waals surface area contributed by atoms with E-state index in [2.05, 4.69) is 9.82 Å². The Morgan fingerprint density at radius 1 is 1.03 bits per heavy atom. The molecule has 1 atom stereocenters. The molecule has 0 aliphatic carbocycles. The molecule has 0 saturated carbocycles. The Kier molecular flexibility index (Phi) is 5.83. The Hall–Kier alpha value is -3.11. The van der Waals surface area contributed by atoms with Gasteiger partial charge < -0.3 is 4.42 Å². The van der Waals surface area contributed by atoms with Crippen LogP contribution in [0.5, 0.6) is 0 Å². The van der Waals surface area contributed by atoms with Gasteiger partial charge in [0, 0.05) is 12.1 Å². The van der Waals surface area contributed by atoms with Gasteiger partial charge in [0.1, 0.15) is 11.8 Å². The van der Waals surface area contributed by atoms with Crippen molar-refractivity contribution in [3.8, 4) is 0 Å². The van der Waals surface area contributed by atoms with E-state index in [1.807, 2.05) is 6.92 Å². The first-order valence-electron chi connectivity index (χ1n) is 10.0. The Morgan fingerprint density at radius 3 is 2.31 bits per heavy atom. The van der Waals surface area contributed by atoms with E-state index in [1.54, 1.807) is 67.6 Å². The van der Waals surface area contributed by atoms with E-state index in [1.165, 1.54) is 6.26 Å². The number of hydrogen-bond acceptors (Lipinski definition) is 6. The van der Waals surface area contributed by atoms with Gasteiger partial charge in [0.25, 0.3) is 10.0 Å². The van der Waals surface area contributed by atoms with Crippen LogP contribution >= 0.6 is 0 Å². The number of aryl methyl sites for hydroxylation is 1. The summed E-state index contributed by atoms with van der Waals surface area (Å²) in [4.78, 5) is 0.147. The molecular formula is C22H23N3O5S2. The summed E-state index contributed by atoms with van der Waals surface area (Å²) in [6.07, 6.45) is 1.82. The number of furan rings is 1. The number of nitrogens with zero attached hydrogens (tertiary/aromatic N) is 2. The zero-order valence-corrected chi connectivity index (χ0v) is 19.2. The van der Waals surface area contributed by atoms with Crippen LogP contribution in [0.1, 0.15) is 36.3 Å². The molecule has 0 spiro atoms. The minimum absolute atomic E-state index is 0.0296. The molecule has 0 fully saturated rings. The SMILES string of the molecule is CCS(=O)(=O)Nc1ccc(C2=NN(S(=O)(=O)c3ccc(C)cc3)[C@H](c3ccco3)C2)cc1. The molecule has 0 amide bonds. The van der Waals surface area contributed by atoms with Crippen molar-refractivity contribution in [2.75, 3.05) is 10.5 Å². The van der Waals surface area contributed by atoms with E-state index in [0.29, 0.717) is 29.1 Å². The monoisotopic (exact) mass is 473 g/mol. The van der Waals surface area contributed by atoms with Crippen molar-refractivity contribution in [1.82, 2.24) is 4.41 Å².